The van der Waals surface area contributed by atoms with Gasteiger partial charge in [-0.3, -0.25) is 0 Å². The van der Waals surface area contributed by atoms with Crippen LogP contribution in [0.2, 0.25) is 0 Å². The van der Waals surface area contributed by atoms with Gasteiger partial charge in [0.1, 0.15) is 0 Å². The summed E-state index contributed by atoms with van der Waals surface area (Å²) in [6.45, 7) is 4.56. The predicted octanol–water partition coefficient (Wildman–Crippen LogP) is 10.1. The predicted molar refractivity (Wildman–Crippen MR) is 190 cm³/mol. The maximum atomic E-state index is 3.73. The van der Waals surface area contributed by atoms with E-state index in [4.69, 9.17) is 0 Å². The van der Waals surface area contributed by atoms with Gasteiger partial charge in [-0.1, -0.05) is 175 Å². The van der Waals surface area contributed by atoms with Crippen molar-refractivity contribution in [2.45, 2.75) is 104 Å². The average molecular weight is 577 g/mol. The molecule has 2 unspecified atom stereocenters. The molecule has 0 bridgehead atoms. The molecular formula is C44H48. The molecule has 0 heteroatoms. The maximum Gasteiger partial charge on any atom is 0.0362 e. The van der Waals surface area contributed by atoms with Gasteiger partial charge in [0.05, 0.1) is 0 Å². The molecule has 0 saturated heterocycles. The lowest BCUT2D eigenvalue weighted by atomic mass is 9.59. The van der Waals surface area contributed by atoms with Gasteiger partial charge in [-0.2, -0.15) is 0 Å². The van der Waals surface area contributed by atoms with Crippen LogP contribution in [-0.4, -0.2) is 0 Å². The van der Waals surface area contributed by atoms with Crippen LogP contribution in [0.1, 0.15) is 115 Å². The molecule has 6 rings (SSSR count). The monoisotopic (exact) mass is 576 g/mol. The van der Waals surface area contributed by atoms with E-state index in [9.17, 15) is 0 Å². The first-order chi connectivity index (χ1) is 21.8. The molecular weight excluding hydrogens is 528 g/mol. The van der Waals surface area contributed by atoms with Gasteiger partial charge in [0, 0.05) is 35.8 Å². The first-order valence-electron chi connectivity index (χ1n) is 17.6. The third-order valence-corrected chi connectivity index (χ3v) is 9.89. The molecule has 0 heterocycles. The molecule has 2 aromatic carbocycles. The van der Waals surface area contributed by atoms with E-state index in [0.717, 1.165) is 12.8 Å². The SMILES string of the molecule is CCCCCCC#CC1=C2C=CC3=c4ccccc4=C(C#CCCCCCCCCCC)C4=CC=C(c5ccccc51)C2C43. The van der Waals surface area contributed by atoms with Crippen LogP contribution in [0.3, 0.4) is 0 Å². The third kappa shape index (κ3) is 6.24. The Morgan fingerprint density at radius 2 is 1.02 bits per heavy atom. The van der Waals surface area contributed by atoms with E-state index in [1.54, 1.807) is 0 Å². The standard InChI is InChI=1S/C44H48/c1-3-5-7-9-11-12-13-14-16-18-24-36-34-26-20-22-28-38(34)42-31-29-39-35(23-17-15-10-8-6-4-2)33-25-19-21-27-37(33)41-32-30-40(36)44(42)43(39)41/h19-22,25-32,43-44H,3-16H2,1-2H3. The van der Waals surface area contributed by atoms with Gasteiger partial charge < -0.3 is 0 Å². The lowest BCUT2D eigenvalue weighted by molar-refractivity contribution is 0.579. The average Bonchev–Trinajstić information content (AvgIpc) is 3.07. The van der Waals surface area contributed by atoms with Gasteiger partial charge in [0.15, 0.2) is 0 Å². The number of fused-ring (bicyclic) bond motifs is 3. The van der Waals surface area contributed by atoms with Crippen LogP contribution in [0.15, 0.2) is 84.0 Å². The van der Waals surface area contributed by atoms with Crippen molar-refractivity contribution in [3.8, 4) is 23.7 Å². The summed E-state index contributed by atoms with van der Waals surface area (Å²) in [6, 6.07) is 17.9. The molecule has 0 radical (unpaired) electrons. The van der Waals surface area contributed by atoms with Crippen LogP contribution in [0, 0.1) is 35.5 Å². The normalized spacial score (nSPS) is 18.7. The zero-order valence-electron chi connectivity index (χ0n) is 27.0. The Morgan fingerprint density at radius 1 is 0.500 bits per heavy atom. The first kappa shape index (κ1) is 30.3. The fourth-order valence-electron chi connectivity index (χ4n) is 7.60. The van der Waals surface area contributed by atoms with Gasteiger partial charge in [-0.05, 0) is 56.7 Å². The highest BCUT2D eigenvalue weighted by Gasteiger charge is 2.43. The second-order valence-electron chi connectivity index (χ2n) is 12.9. The summed E-state index contributed by atoms with van der Waals surface area (Å²) in [7, 11) is 0. The summed E-state index contributed by atoms with van der Waals surface area (Å²) < 4.78 is 0. The zero-order valence-corrected chi connectivity index (χ0v) is 27.0. The molecule has 2 atom stereocenters. The van der Waals surface area contributed by atoms with Crippen molar-refractivity contribution in [2.75, 3.05) is 0 Å². The molecule has 0 aliphatic heterocycles. The highest BCUT2D eigenvalue weighted by Crippen LogP contribution is 2.55. The van der Waals surface area contributed by atoms with Crippen LogP contribution >= 0.6 is 0 Å². The smallest absolute Gasteiger partial charge is 0.0362 e. The number of hydrogen-bond acceptors (Lipinski definition) is 0. The topological polar surface area (TPSA) is 0 Å². The van der Waals surface area contributed by atoms with Crippen LogP contribution in [0.25, 0.3) is 22.3 Å². The number of hydrogen-bond donors (Lipinski definition) is 0. The van der Waals surface area contributed by atoms with E-state index in [1.807, 2.05) is 0 Å². The Labute approximate surface area is 266 Å². The lowest BCUT2D eigenvalue weighted by Crippen LogP contribution is -2.41. The Kier molecular flexibility index (Phi) is 10.2. The second-order valence-corrected chi connectivity index (χ2v) is 12.9. The van der Waals surface area contributed by atoms with Gasteiger partial charge in [0.25, 0.3) is 0 Å². The summed E-state index contributed by atoms with van der Waals surface area (Å²) in [5.74, 6) is 15.2. The maximum absolute atomic E-state index is 3.73. The van der Waals surface area contributed by atoms with Crippen LogP contribution in [0.5, 0.6) is 0 Å². The minimum Gasteiger partial charge on any atom is -0.0979 e. The Hall–Kier alpha value is -3.74. The van der Waals surface area contributed by atoms with Crippen LogP contribution in [-0.2, 0) is 0 Å². The highest BCUT2D eigenvalue weighted by atomic mass is 14.4. The highest BCUT2D eigenvalue weighted by molar-refractivity contribution is 6.01. The van der Waals surface area contributed by atoms with Crippen molar-refractivity contribution in [3.05, 3.63) is 106 Å². The summed E-state index contributed by atoms with van der Waals surface area (Å²) in [6.07, 6.45) is 27.3. The lowest BCUT2D eigenvalue weighted by Gasteiger charge is -2.43. The van der Waals surface area contributed by atoms with Gasteiger partial charge in [-0.15, -0.1) is 0 Å². The molecule has 0 spiro atoms. The van der Waals surface area contributed by atoms with E-state index in [0.29, 0.717) is 0 Å². The largest absolute Gasteiger partial charge is 0.0979 e. The van der Waals surface area contributed by atoms with Crippen molar-refractivity contribution in [3.63, 3.8) is 0 Å². The minimum atomic E-state index is 0.284. The van der Waals surface area contributed by atoms with Gasteiger partial charge in [0.2, 0.25) is 0 Å². The number of rotatable bonds is 12. The summed E-state index contributed by atoms with van der Waals surface area (Å²) >= 11 is 0. The summed E-state index contributed by atoms with van der Waals surface area (Å²) in [4.78, 5) is 0. The molecule has 0 nitrogen and oxygen atoms in total. The van der Waals surface area contributed by atoms with E-state index in [-0.39, 0.29) is 11.8 Å². The van der Waals surface area contributed by atoms with Crippen molar-refractivity contribution in [1.29, 1.82) is 0 Å². The Morgan fingerprint density at radius 3 is 1.75 bits per heavy atom. The van der Waals surface area contributed by atoms with Crippen molar-refractivity contribution in [1.82, 2.24) is 0 Å². The molecule has 2 aromatic rings. The molecule has 0 aromatic heterocycles. The van der Waals surface area contributed by atoms with Crippen LogP contribution in [0.4, 0.5) is 0 Å². The molecule has 44 heavy (non-hydrogen) atoms. The van der Waals surface area contributed by atoms with Crippen molar-refractivity contribution in [2.24, 2.45) is 11.8 Å². The van der Waals surface area contributed by atoms with Crippen LogP contribution < -0.4 is 10.4 Å². The van der Waals surface area contributed by atoms with E-state index in [2.05, 4.69) is 110 Å². The Bertz CT molecular complexity index is 1740. The minimum absolute atomic E-state index is 0.284. The second kappa shape index (κ2) is 14.8. The molecule has 4 aliphatic rings. The molecule has 224 valence electrons. The summed E-state index contributed by atoms with van der Waals surface area (Å²) in [5, 5.41) is 2.65. The molecule has 0 saturated carbocycles. The van der Waals surface area contributed by atoms with E-state index >= 15 is 0 Å². The quantitative estimate of drug-likeness (QED) is 0.174. The molecule has 0 amide bonds. The van der Waals surface area contributed by atoms with Gasteiger partial charge >= 0.3 is 0 Å². The van der Waals surface area contributed by atoms with E-state index < -0.39 is 0 Å². The Balaban J connectivity index is 1.33. The fraction of sp³-hybridized carbons (Fsp3) is 0.409. The molecule has 4 aliphatic carbocycles. The van der Waals surface area contributed by atoms with Crippen molar-refractivity contribution >= 4 is 22.3 Å². The third-order valence-electron chi connectivity index (χ3n) is 9.89. The molecule has 0 N–H and O–H groups in total. The van der Waals surface area contributed by atoms with Crippen molar-refractivity contribution < 1.29 is 0 Å². The number of benzene rings is 2. The fourth-order valence-corrected chi connectivity index (χ4v) is 7.60. The van der Waals surface area contributed by atoms with Gasteiger partial charge in [-0.25, -0.2) is 0 Å². The summed E-state index contributed by atoms with van der Waals surface area (Å²) in [5.41, 5.74) is 10.8. The molecule has 0 fully saturated rings. The number of unbranched alkanes of at least 4 members (excludes halogenated alkanes) is 12. The first-order valence-corrected chi connectivity index (χ1v) is 17.6. The number of allylic oxidation sites excluding steroid dienone is 8. The zero-order chi connectivity index (χ0) is 30.1. The van der Waals surface area contributed by atoms with E-state index in [1.165, 1.54) is 132 Å².